The molecule has 0 saturated carbocycles. The lowest BCUT2D eigenvalue weighted by atomic mass is 9.73. The molecule has 2 bridgehead atoms. The van der Waals surface area contributed by atoms with E-state index >= 15 is 0 Å². The summed E-state index contributed by atoms with van der Waals surface area (Å²) in [5, 5.41) is 52.7. The van der Waals surface area contributed by atoms with Crippen molar-refractivity contribution < 1.29 is 77.8 Å². The zero-order chi connectivity index (χ0) is 81.3. The fourth-order valence-corrected chi connectivity index (χ4v) is 16.2. The van der Waals surface area contributed by atoms with Crippen LogP contribution in [0, 0.1) is 11.8 Å². The van der Waals surface area contributed by atoms with Crippen LogP contribution in [0.1, 0.15) is 177 Å². The van der Waals surface area contributed by atoms with Crippen molar-refractivity contribution >= 4 is 68.3 Å². The van der Waals surface area contributed by atoms with E-state index in [-0.39, 0.29) is 33.8 Å². The van der Waals surface area contributed by atoms with Crippen LogP contribution >= 0.6 is 34.8 Å². The third kappa shape index (κ3) is 21.1. The van der Waals surface area contributed by atoms with E-state index in [0.29, 0.717) is 71.5 Å². The molecule has 9 aromatic rings. The second-order valence-corrected chi connectivity index (χ2v) is 30.6. The molecule has 10 unspecified atom stereocenters. The van der Waals surface area contributed by atoms with E-state index < -0.39 is 89.2 Å². The highest BCUT2D eigenvalue weighted by Crippen LogP contribution is 2.51. The van der Waals surface area contributed by atoms with Crippen LogP contribution in [0.2, 0.25) is 15.1 Å². The Morgan fingerprint density at radius 3 is 1.85 bits per heavy atom. The molecule has 8 heterocycles. The Morgan fingerprint density at radius 2 is 1.26 bits per heavy atom. The Balaban J connectivity index is 0.000000150. The molecule has 6 N–H and O–H groups in total. The standard InChI is InChI=1S/C30H32Cl3NO.C20H24N2O2.C19H18F6N2O.C17H16F6N2O/c1-3-5-13-34(14-6-4-2)19-29(35)28-18-23(33)17-27-25(15-20-7-9-21(31)10-8-20)26-16-22(32)11-12-24(26)30(27)28;1-3-13-12-22-9-7-14(13)10-19(22)20(23)16-6-8-21-18-5-4-15(24-2)11-17(16)18;20-18(21,22)13-6-4-11(5-7-13)15-9-12(10-16(27-15)19(23,24)25)17(28)14-3-1-2-8-26-14;18-16(19,20)11-5-3-4-9-10(15(26)12-6-1-2-7-24-12)8-13(17(21,22)23)25-14(9)11/h7-12,15-18,29,35H,3-6,13-14,19H2,1-2H3;3-6,8,11,13-14,19-20,23H,1,7,9-10,12H2,2H3;4-7,9-10,14,17,26,28H,1-3,8H2;3-5,8,12,15,24,26H,1-2,6-7H2/b25-15-;;;. The number of aliphatic hydroxyl groups is 4. The summed E-state index contributed by atoms with van der Waals surface area (Å²) in [5.74, 6) is 2.01. The van der Waals surface area contributed by atoms with Crippen molar-refractivity contribution in [3.63, 3.8) is 0 Å². The summed E-state index contributed by atoms with van der Waals surface area (Å²) in [6.07, 6.45) is -5.47. The second kappa shape index (κ2) is 37.5. The Bertz CT molecular complexity index is 4760. The Labute approximate surface area is 663 Å². The first kappa shape index (κ1) is 86.1. The number of nitrogens with zero attached hydrogens (tertiary/aromatic N) is 5. The third-order valence-electron chi connectivity index (χ3n) is 21.6. The molecular weight excluding hydrogens is 1550 g/mol. The number of pyridine rings is 3. The first-order chi connectivity index (χ1) is 53.8. The van der Waals surface area contributed by atoms with Crippen LogP contribution in [-0.2, 0) is 24.7 Å². The van der Waals surface area contributed by atoms with Crippen LogP contribution in [0.3, 0.4) is 0 Å². The number of nitrogens with one attached hydrogen (secondary N) is 2. The van der Waals surface area contributed by atoms with Crippen molar-refractivity contribution in [1.29, 1.82) is 0 Å². The zero-order valence-electron chi connectivity index (χ0n) is 62.5. The van der Waals surface area contributed by atoms with Gasteiger partial charge in [0.15, 0.2) is 0 Å². The number of ether oxygens (including phenoxy) is 1. The van der Waals surface area contributed by atoms with Crippen molar-refractivity contribution in [3.05, 3.63) is 235 Å². The van der Waals surface area contributed by atoms with E-state index in [0.717, 1.165) is 182 Å². The number of aromatic nitrogens is 3. The van der Waals surface area contributed by atoms with E-state index in [1.165, 1.54) is 18.6 Å². The zero-order valence-corrected chi connectivity index (χ0v) is 64.7. The third-order valence-corrected chi connectivity index (χ3v) is 22.3. The number of alkyl halides is 12. The monoisotopic (exact) mass is 1630 g/mol. The average Bonchev–Trinajstić information content (AvgIpc) is 1.59. The smallest absolute Gasteiger partial charge is 0.433 e. The maximum absolute atomic E-state index is 13.3. The van der Waals surface area contributed by atoms with Crippen molar-refractivity contribution in [2.75, 3.05) is 52.9 Å². The number of fused-ring (bicyclic) bond motifs is 8. The summed E-state index contributed by atoms with van der Waals surface area (Å²) in [6.45, 7) is 14.3. The van der Waals surface area contributed by atoms with Gasteiger partial charge in [0.05, 0.1) is 59.4 Å². The lowest BCUT2D eigenvalue weighted by Gasteiger charge is -2.50. The molecule has 604 valence electrons. The van der Waals surface area contributed by atoms with Gasteiger partial charge in [0.25, 0.3) is 0 Å². The molecule has 0 amide bonds. The largest absolute Gasteiger partial charge is 0.497 e. The molecule has 1 aliphatic carbocycles. The molecule has 12 nitrogen and oxygen atoms in total. The van der Waals surface area contributed by atoms with Gasteiger partial charge in [-0.25, -0.2) is 9.97 Å². The van der Waals surface area contributed by atoms with Gasteiger partial charge < -0.3 is 40.7 Å². The number of rotatable bonds is 19. The molecule has 27 heteroatoms. The number of halogens is 15. The summed E-state index contributed by atoms with van der Waals surface area (Å²) in [7, 11) is 1.66. The number of benzene rings is 6. The highest BCUT2D eigenvalue weighted by Gasteiger charge is 2.44. The second-order valence-electron chi connectivity index (χ2n) is 29.3. The van der Waals surface area contributed by atoms with E-state index in [1.807, 2.05) is 72.8 Å². The number of aliphatic hydroxyl groups excluding tert-OH is 4. The molecule has 10 atom stereocenters. The fraction of sp³-hybridized carbons (Fsp3) is 0.407. The van der Waals surface area contributed by atoms with E-state index in [9.17, 15) is 73.1 Å². The summed E-state index contributed by atoms with van der Waals surface area (Å²) >= 11 is 19.2. The number of unbranched alkanes of at least 4 members (excludes halogenated alkanes) is 2. The van der Waals surface area contributed by atoms with Crippen molar-refractivity contribution in [1.82, 2.24) is 35.4 Å². The summed E-state index contributed by atoms with van der Waals surface area (Å²) in [6, 6.07) is 34.2. The molecule has 113 heavy (non-hydrogen) atoms. The lowest BCUT2D eigenvalue weighted by molar-refractivity contribution is -0.142. The van der Waals surface area contributed by atoms with Crippen LogP contribution in [0.5, 0.6) is 5.75 Å². The van der Waals surface area contributed by atoms with Crippen molar-refractivity contribution in [2.24, 2.45) is 11.8 Å². The molecule has 0 spiro atoms. The molecular formula is C86H90Cl3F12N7O5. The molecule has 6 aliphatic rings. The van der Waals surface area contributed by atoms with Crippen LogP contribution in [0.25, 0.3) is 55.8 Å². The quantitative estimate of drug-likeness (QED) is 0.0337. The molecule has 5 saturated heterocycles. The van der Waals surface area contributed by atoms with Gasteiger partial charge in [0.2, 0.25) is 0 Å². The predicted molar refractivity (Wildman–Crippen MR) is 419 cm³/mol. The van der Waals surface area contributed by atoms with E-state index in [1.54, 1.807) is 13.3 Å². The molecule has 15 rings (SSSR count). The Kier molecular flexibility index (Phi) is 28.6. The van der Waals surface area contributed by atoms with Crippen LogP contribution in [-0.4, -0.2) is 116 Å². The summed E-state index contributed by atoms with van der Waals surface area (Å²) in [4.78, 5) is 16.0. The van der Waals surface area contributed by atoms with Crippen molar-refractivity contribution in [2.45, 2.75) is 158 Å². The number of para-hydroxylation sites is 1. The van der Waals surface area contributed by atoms with Gasteiger partial charge in [0.1, 0.15) is 17.1 Å². The van der Waals surface area contributed by atoms with Crippen LogP contribution in [0.15, 0.2) is 158 Å². The average molecular weight is 1640 g/mol. The maximum atomic E-state index is 13.3. The topological polar surface area (TPSA) is 159 Å². The molecule has 5 aliphatic heterocycles. The molecule has 3 aromatic heterocycles. The van der Waals surface area contributed by atoms with Gasteiger partial charge in [0, 0.05) is 68.8 Å². The fourth-order valence-electron chi connectivity index (χ4n) is 15.7. The van der Waals surface area contributed by atoms with Gasteiger partial charge in [-0.1, -0.05) is 123 Å². The SMILES string of the molecule is C=CC1CN2CCC1CC2C(O)c1ccnc2ccc(OC)cc12.CCCCN(CCCC)CC(O)c1cc(Cl)cc2c1-c1ccc(Cl)cc1/C2=C/c1ccc(Cl)cc1.OC(c1cc(-c2ccc(C(F)(F)F)cc2)nc(C(F)(F)F)c1)C1CCCCN1.OC(c1cc(C(F)(F)F)nc2c(C(F)(F)F)cccc12)C1CCCCN1. The lowest BCUT2D eigenvalue weighted by Crippen LogP contribution is -2.54. The first-order valence-corrected chi connectivity index (χ1v) is 39.1. The van der Waals surface area contributed by atoms with Gasteiger partial charge in [-0.05, 0) is 255 Å². The van der Waals surface area contributed by atoms with Gasteiger partial charge in [-0.2, -0.15) is 52.7 Å². The summed E-state index contributed by atoms with van der Waals surface area (Å²) in [5.41, 5.74) is 3.14. The maximum Gasteiger partial charge on any atom is 0.433 e. The Hall–Kier alpha value is -7.72. The first-order valence-electron chi connectivity index (χ1n) is 37.9. The number of hydrogen-bond donors (Lipinski definition) is 6. The number of methoxy groups -OCH3 is 1. The van der Waals surface area contributed by atoms with E-state index in [2.05, 4.69) is 74.0 Å². The van der Waals surface area contributed by atoms with E-state index in [4.69, 9.17) is 39.5 Å². The van der Waals surface area contributed by atoms with Gasteiger partial charge >= 0.3 is 24.7 Å². The predicted octanol–water partition coefficient (Wildman–Crippen LogP) is 21.7. The summed E-state index contributed by atoms with van der Waals surface area (Å²) < 4.78 is 163. The normalized spacial score (nSPS) is 20.4. The number of hydrogen-bond acceptors (Lipinski definition) is 12. The van der Waals surface area contributed by atoms with Gasteiger partial charge in [-0.3, -0.25) is 9.88 Å². The highest BCUT2D eigenvalue weighted by atomic mass is 35.5. The number of piperidine rings is 5. The van der Waals surface area contributed by atoms with Crippen LogP contribution < -0.4 is 15.4 Å². The minimum absolute atomic E-state index is 0.0247. The minimum atomic E-state index is -4.93. The highest BCUT2D eigenvalue weighted by molar-refractivity contribution is 6.32. The molecule has 6 aromatic carbocycles. The molecule has 0 radical (unpaired) electrons. The molecule has 5 fully saturated rings. The van der Waals surface area contributed by atoms with Gasteiger partial charge in [-0.15, -0.1) is 6.58 Å². The van der Waals surface area contributed by atoms with Crippen molar-refractivity contribution in [3.8, 4) is 28.1 Å². The minimum Gasteiger partial charge on any atom is -0.497 e. The van der Waals surface area contributed by atoms with Crippen LogP contribution in [0.4, 0.5) is 52.7 Å². The Morgan fingerprint density at radius 1 is 0.611 bits per heavy atom.